The molecule has 0 saturated heterocycles. The molecule has 0 aliphatic rings. The number of halogens is 3. The van der Waals surface area contributed by atoms with Gasteiger partial charge in [-0.05, 0) is 18.2 Å². The monoisotopic (exact) mass is 262 g/mol. The van der Waals surface area contributed by atoms with Gasteiger partial charge in [0.15, 0.2) is 5.69 Å². The molecule has 0 aliphatic heterocycles. The second-order valence-corrected chi connectivity index (χ2v) is 3.73. The lowest BCUT2D eigenvalue weighted by Gasteiger charge is -2.22. The van der Waals surface area contributed by atoms with Gasteiger partial charge in [-0.25, -0.2) is 9.78 Å². The van der Waals surface area contributed by atoms with Crippen LogP contribution in [0.25, 0.3) is 0 Å². The zero-order chi connectivity index (χ0) is 13.8. The van der Waals surface area contributed by atoms with Crippen LogP contribution >= 0.6 is 0 Å². The Bertz CT molecular complexity index is 421. The Kier molecular flexibility index (Phi) is 4.66. The number of carboxylic acids is 1. The van der Waals surface area contributed by atoms with Crippen molar-refractivity contribution in [3.05, 3.63) is 29.6 Å². The fraction of sp³-hybridized carbons (Fsp3) is 0.455. The van der Waals surface area contributed by atoms with E-state index in [-0.39, 0.29) is 24.3 Å². The highest BCUT2D eigenvalue weighted by Crippen LogP contribution is 2.18. The number of aromatic carboxylic acids is 1. The average molecular weight is 262 g/mol. The van der Waals surface area contributed by atoms with Gasteiger partial charge in [-0.15, -0.1) is 0 Å². The molecule has 0 fully saturated rings. The molecule has 0 atom stereocenters. The van der Waals surface area contributed by atoms with Crippen LogP contribution in [0.15, 0.2) is 18.3 Å². The molecule has 0 spiro atoms. The fourth-order valence-electron chi connectivity index (χ4n) is 1.53. The Labute approximate surface area is 102 Å². The summed E-state index contributed by atoms with van der Waals surface area (Å²) in [7, 11) is 0. The van der Waals surface area contributed by atoms with Crippen LogP contribution in [0.5, 0.6) is 0 Å². The molecule has 0 aromatic carbocycles. The summed E-state index contributed by atoms with van der Waals surface area (Å²) in [5.41, 5.74) is 0.0641. The number of nitrogens with zero attached hydrogens (tertiary/aromatic N) is 2. The van der Waals surface area contributed by atoms with Crippen molar-refractivity contribution < 1.29 is 23.1 Å². The minimum Gasteiger partial charge on any atom is -0.477 e. The van der Waals surface area contributed by atoms with Gasteiger partial charge in [0.1, 0.15) is 0 Å². The topological polar surface area (TPSA) is 53.4 Å². The predicted molar refractivity (Wildman–Crippen MR) is 58.2 cm³/mol. The van der Waals surface area contributed by atoms with Crippen LogP contribution in [0, 0.1) is 0 Å². The molecule has 0 radical (unpaired) electrons. The lowest BCUT2D eigenvalue weighted by Crippen LogP contribution is -2.34. The number of alkyl halides is 3. The molecule has 1 aromatic rings. The third-order valence-electron chi connectivity index (χ3n) is 2.34. The van der Waals surface area contributed by atoms with Gasteiger partial charge in [-0.2, -0.15) is 13.2 Å². The van der Waals surface area contributed by atoms with Crippen molar-refractivity contribution in [2.24, 2.45) is 0 Å². The zero-order valence-electron chi connectivity index (χ0n) is 9.74. The number of hydrogen-bond acceptors (Lipinski definition) is 3. The smallest absolute Gasteiger partial charge is 0.401 e. The van der Waals surface area contributed by atoms with Crippen molar-refractivity contribution in [2.75, 3.05) is 13.1 Å². The van der Waals surface area contributed by atoms with E-state index in [1.807, 2.05) is 0 Å². The van der Waals surface area contributed by atoms with E-state index in [1.54, 1.807) is 6.92 Å². The molecule has 1 heterocycles. The Morgan fingerprint density at radius 2 is 2.17 bits per heavy atom. The largest absolute Gasteiger partial charge is 0.477 e. The Hall–Kier alpha value is -1.63. The first-order valence-corrected chi connectivity index (χ1v) is 5.29. The SMILES string of the molecule is CCN(Cc1cccnc1C(=O)O)CC(F)(F)F. The van der Waals surface area contributed by atoms with Crippen molar-refractivity contribution in [1.82, 2.24) is 9.88 Å². The van der Waals surface area contributed by atoms with Crippen molar-refractivity contribution in [3.8, 4) is 0 Å². The molecule has 18 heavy (non-hydrogen) atoms. The highest BCUT2D eigenvalue weighted by molar-refractivity contribution is 5.86. The molecule has 1 aromatic heterocycles. The lowest BCUT2D eigenvalue weighted by molar-refractivity contribution is -0.146. The average Bonchev–Trinajstić information content (AvgIpc) is 2.26. The Morgan fingerprint density at radius 1 is 1.50 bits per heavy atom. The summed E-state index contributed by atoms with van der Waals surface area (Å²) in [5, 5.41) is 8.88. The van der Waals surface area contributed by atoms with E-state index >= 15 is 0 Å². The third-order valence-corrected chi connectivity index (χ3v) is 2.34. The molecule has 1 rings (SSSR count). The van der Waals surface area contributed by atoms with Crippen LogP contribution in [0.2, 0.25) is 0 Å². The molecule has 0 amide bonds. The maximum atomic E-state index is 12.3. The maximum Gasteiger partial charge on any atom is 0.401 e. The van der Waals surface area contributed by atoms with Crippen LogP contribution < -0.4 is 0 Å². The second kappa shape index (κ2) is 5.81. The molecular formula is C11H13F3N2O2. The van der Waals surface area contributed by atoms with Gasteiger partial charge in [0.25, 0.3) is 0 Å². The first-order valence-electron chi connectivity index (χ1n) is 5.29. The van der Waals surface area contributed by atoms with Crippen molar-refractivity contribution in [3.63, 3.8) is 0 Å². The molecule has 1 N–H and O–H groups in total. The van der Waals surface area contributed by atoms with Gasteiger partial charge in [-0.3, -0.25) is 4.90 Å². The zero-order valence-corrected chi connectivity index (χ0v) is 9.74. The number of rotatable bonds is 5. The van der Waals surface area contributed by atoms with Crippen molar-refractivity contribution in [1.29, 1.82) is 0 Å². The van der Waals surface area contributed by atoms with E-state index in [0.29, 0.717) is 0 Å². The summed E-state index contributed by atoms with van der Waals surface area (Å²) < 4.78 is 36.8. The number of aromatic nitrogens is 1. The first-order chi connectivity index (χ1) is 8.33. The second-order valence-electron chi connectivity index (χ2n) is 3.73. The van der Waals surface area contributed by atoms with Crippen LogP contribution in [0.1, 0.15) is 23.0 Å². The van der Waals surface area contributed by atoms with Crippen LogP contribution in [-0.4, -0.2) is 40.2 Å². The summed E-state index contributed by atoms with van der Waals surface area (Å²) in [5.74, 6) is -1.24. The molecule has 0 bridgehead atoms. The molecule has 0 saturated carbocycles. The molecule has 0 aliphatic carbocycles. The Balaban J connectivity index is 2.85. The predicted octanol–water partition coefficient (Wildman–Crippen LogP) is 2.16. The number of carboxylic acid groups (broad SMARTS) is 1. The van der Waals surface area contributed by atoms with Gasteiger partial charge in [0.2, 0.25) is 0 Å². The fourth-order valence-corrected chi connectivity index (χ4v) is 1.53. The van der Waals surface area contributed by atoms with Gasteiger partial charge in [-0.1, -0.05) is 13.0 Å². The van der Waals surface area contributed by atoms with E-state index in [0.717, 1.165) is 4.90 Å². The normalized spacial score (nSPS) is 11.8. The van der Waals surface area contributed by atoms with Crippen molar-refractivity contribution in [2.45, 2.75) is 19.6 Å². The number of pyridine rings is 1. The molecular weight excluding hydrogens is 249 g/mol. The standard InChI is InChI=1S/C11H13F3N2O2/c1-2-16(7-11(12,13)14)6-8-4-3-5-15-9(8)10(17)18/h3-5H,2,6-7H2,1H3,(H,17,18). The van der Waals surface area contributed by atoms with E-state index in [4.69, 9.17) is 5.11 Å². The highest BCUT2D eigenvalue weighted by atomic mass is 19.4. The van der Waals surface area contributed by atoms with E-state index in [9.17, 15) is 18.0 Å². The Morgan fingerprint density at radius 3 is 2.67 bits per heavy atom. The van der Waals surface area contributed by atoms with Crippen molar-refractivity contribution >= 4 is 5.97 Å². The van der Waals surface area contributed by atoms with E-state index in [1.165, 1.54) is 18.3 Å². The van der Waals surface area contributed by atoms with E-state index in [2.05, 4.69) is 4.98 Å². The minimum atomic E-state index is -4.30. The van der Waals surface area contributed by atoms with Crippen LogP contribution in [0.3, 0.4) is 0 Å². The summed E-state index contributed by atoms with van der Waals surface area (Å²) in [4.78, 5) is 15.6. The van der Waals surface area contributed by atoms with Gasteiger partial charge in [0.05, 0.1) is 6.54 Å². The molecule has 0 unspecified atom stereocenters. The van der Waals surface area contributed by atoms with Gasteiger partial charge < -0.3 is 5.11 Å². The third kappa shape index (κ3) is 4.33. The van der Waals surface area contributed by atoms with Gasteiger partial charge in [0, 0.05) is 12.7 Å². The van der Waals surface area contributed by atoms with E-state index < -0.39 is 18.7 Å². The summed E-state index contributed by atoms with van der Waals surface area (Å²) in [6.45, 7) is 0.596. The number of carbonyl (C=O) groups is 1. The first kappa shape index (κ1) is 14.4. The summed E-state index contributed by atoms with van der Waals surface area (Å²) >= 11 is 0. The minimum absolute atomic E-state index is 0.0918. The summed E-state index contributed by atoms with van der Waals surface area (Å²) in [6.07, 6.45) is -3.01. The lowest BCUT2D eigenvalue weighted by atomic mass is 10.2. The number of hydrogen-bond donors (Lipinski definition) is 1. The molecule has 7 heteroatoms. The van der Waals surface area contributed by atoms with Crippen LogP contribution in [0.4, 0.5) is 13.2 Å². The highest BCUT2D eigenvalue weighted by Gasteiger charge is 2.30. The maximum absolute atomic E-state index is 12.3. The molecule has 100 valence electrons. The quantitative estimate of drug-likeness (QED) is 0.883. The summed E-state index contributed by atoms with van der Waals surface area (Å²) in [6, 6.07) is 2.97. The molecule has 4 nitrogen and oxygen atoms in total. The van der Waals surface area contributed by atoms with Gasteiger partial charge >= 0.3 is 12.1 Å². The van der Waals surface area contributed by atoms with Crippen LogP contribution in [-0.2, 0) is 6.54 Å².